The highest BCUT2D eigenvalue weighted by atomic mass is 16.5. The second-order valence-electron chi connectivity index (χ2n) is 9.64. The highest BCUT2D eigenvalue weighted by Crippen LogP contribution is 2.46. The van der Waals surface area contributed by atoms with E-state index in [1.165, 1.54) is 26.2 Å². The number of benzene rings is 1. The fourth-order valence-electron chi connectivity index (χ4n) is 4.05. The lowest BCUT2D eigenvalue weighted by Crippen LogP contribution is -2.55. The van der Waals surface area contributed by atoms with E-state index in [4.69, 9.17) is 14.2 Å². The molecule has 1 aliphatic carbocycles. The zero-order valence-electron chi connectivity index (χ0n) is 20.1. The minimum atomic E-state index is -1.73. The molecule has 0 spiro atoms. The van der Waals surface area contributed by atoms with Crippen LogP contribution >= 0.6 is 0 Å². The molecule has 8 nitrogen and oxygen atoms in total. The molecule has 2 rings (SSSR count). The van der Waals surface area contributed by atoms with Gasteiger partial charge in [-0.3, -0.25) is 14.4 Å². The molecule has 4 atom stereocenters. The second-order valence-corrected chi connectivity index (χ2v) is 9.64. The second kappa shape index (κ2) is 10.9. The number of rotatable bonds is 8. The van der Waals surface area contributed by atoms with Gasteiger partial charge < -0.3 is 19.3 Å². The normalized spacial score (nSPS) is 25.1. The Balaban J connectivity index is 2.55. The number of hydrogen-bond acceptors (Lipinski definition) is 8. The third kappa shape index (κ3) is 6.41. The van der Waals surface area contributed by atoms with Gasteiger partial charge in [-0.25, -0.2) is 4.79 Å². The summed E-state index contributed by atoms with van der Waals surface area (Å²) in [5, 5.41) is 11.1. The van der Waals surface area contributed by atoms with Crippen molar-refractivity contribution in [3.63, 3.8) is 0 Å². The van der Waals surface area contributed by atoms with Crippen LogP contribution in [0.3, 0.4) is 0 Å². The first-order valence-electron chi connectivity index (χ1n) is 11.2. The van der Waals surface area contributed by atoms with E-state index in [1.807, 2.05) is 27.7 Å². The Hall–Kier alpha value is -2.74. The van der Waals surface area contributed by atoms with Gasteiger partial charge in [-0.1, -0.05) is 39.8 Å². The lowest BCUT2D eigenvalue weighted by molar-refractivity contribution is -0.174. The van der Waals surface area contributed by atoms with Crippen LogP contribution in [0.2, 0.25) is 0 Å². The summed E-state index contributed by atoms with van der Waals surface area (Å²) in [4.78, 5) is 51.0. The summed E-state index contributed by atoms with van der Waals surface area (Å²) in [6.07, 6.45) is -0.382. The predicted molar refractivity (Wildman–Crippen MR) is 119 cm³/mol. The van der Waals surface area contributed by atoms with Gasteiger partial charge in [0.1, 0.15) is 5.92 Å². The smallest absolute Gasteiger partial charge is 0.337 e. The molecule has 1 aromatic carbocycles. The van der Waals surface area contributed by atoms with Crippen LogP contribution in [0.4, 0.5) is 0 Å². The standard InChI is InChI=1S/C25H34O8/c1-14(2)12-32-23(28)20-18(26)11-25(5,30)21(24(29)33-13-15(3)4)19(20)16-7-9-17(10-8-16)22(27)31-6/h7-10,14-15,19-21,30H,11-13H2,1-6H3/t19-,20-,21+,25-/m1/s1. The third-order valence-corrected chi connectivity index (χ3v) is 5.61. The van der Waals surface area contributed by atoms with Crippen LogP contribution in [0, 0.1) is 23.7 Å². The summed E-state index contributed by atoms with van der Waals surface area (Å²) in [7, 11) is 1.26. The number of hydrogen-bond donors (Lipinski definition) is 1. The maximum Gasteiger partial charge on any atom is 0.337 e. The molecule has 0 unspecified atom stereocenters. The molecule has 1 saturated carbocycles. The van der Waals surface area contributed by atoms with E-state index >= 15 is 0 Å². The van der Waals surface area contributed by atoms with Gasteiger partial charge in [-0.15, -0.1) is 0 Å². The van der Waals surface area contributed by atoms with Crippen molar-refractivity contribution in [1.29, 1.82) is 0 Å². The average Bonchev–Trinajstić information content (AvgIpc) is 2.74. The summed E-state index contributed by atoms with van der Waals surface area (Å²) >= 11 is 0. The summed E-state index contributed by atoms with van der Waals surface area (Å²) in [6.45, 7) is 9.16. The number of ether oxygens (including phenoxy) is 3. The maximum atomic E-state index is 13.1. The van der Waals surface area contributed by atoms with Gasteiger partial charge in [0.25, 0.3) is 0 Å². The van der Waals surface area contributed by atoms with Crippen LogP contribution in [0.15, 0.2) is 24.3 Å². The molecule has 0 saturated heterocycles. The highest BCUT2D eigenvalue weighted by molar-refractivity contribution is 6.03. The zero-order valence-corrected chi connectivity index (χ0v) is 20.1. The van der Waals surface area contributed by atoms with Gasteiger partial charge in [-0.05, 0) is 36.5 Å². The molecule has 8 heteroatoms. The molecular formula is C25H34O8. The molecule has 0 amide bonds. The molecule has 0 radical (unpaired) electrons. The molecule has 33 heavy (non-hydrogen) atoms. The van der Waals surface area contributed by atoms with Crippen molar-refractivity contribution in [3.8, 4) is 0 Å². The maximum absolute atomic E-state index is 13.1. The van der Waals surface area contributed by atoms with Crippen molar-refractivity contribution in [2.24, 2.45) is 23.7 Å². The number of aliphatic hydroxyl groups is 1. The average molecular weight is 463 g/mol. The topological polar surface area (TPSA) is 116 Å². The van der Waals surface area contributed by atoms with Crippen LogP contribution in [0.1, 0.15) is 62.9 Å². The minimum absolute atomic E-state index is 0.0559. The molecule has 0 aliphatic heterocycles. The first-order valence-corrected chi connectivity index (χ1v) is 11.2. The lowest BCUT2D eigenvalue weighted by atomic mass is 9.61. The van der Waals surface area contributed by atoms with E-state index in [1.54, 1.807) is 12.1 Å². The molecule has 1 aliphatic rings. The van der Waals surface area contributed by atoms with E-state index in [9.17, 15) is 24.3 Å². The Morgan fingerprint density at radius 3 is 2.00 bits per heavy atom. The first kappa shape index (κ1) is 26.5. The third-order valence-electron chi connectivity index (χ3n) is 5.61. The fourth-order valence-corrected chi connectivity index (χ4v) is 4.05. The van der Waals surface area contributed by atoms with E-state index in [2.05, 4.69) is 0 Å². The zero-order chi connectivity index (χ0) is 24.9. The SMILES string of the molecule is COC(=O)c1ccc([C@@H]2[C@H](C(=O)OCC(C)C)C(=O)C[C@@](C)(O)[C@@H]2C(=O)OCC(C)C)cc1. The summed E-state index contributed by atoms with van der Waals surface area (Å²) < 4.78 is 15.5. The number of methoxy groups -OCH3 is 1. The van der Waals surface area contributed by atoms with Gasteiger partial charge in [0, 0.05) is 12.3 Å². The Bertz CT molecular complexity index is 869. The summed E-state index contributed by atoms with van der Waals surface area (Å²) in [5.41, 5.74) is -1.02. The summed E-state index contributed by atoms with van der Waals surface area (Å²) in [6, 6.07) is 6.08. The van der Waals surface area contributed by atoms with Crippen LogP contribution in [0.25, 0.3) is 0 Å². The van der Waals surface area contributed by atoms with E-state index in [0.29, 0.717) is 5.56 Å². The number of esters is 3. The fraction of sp³-hybridized carbons (Fsp3) is 0.600. The first-order chi connectivity index (χ1) is 15.4. The number of ketones is 1. The summed E-state index contributed by atoms with van der Waals surface area (Å²) in [5.74, 6) is -5.86. The van der Waals surface area contributed by atoms with Crippen molar-refractivity contribution in [3.05, 3.63) is 35.4 Å². The van der Waals surface area contributed by atoms with Crippen molar-refractivity contribution >= 4 is 23.7 Å². The molecule has 0 bridgehead atoms. The van der Waals surface area contributed by atoms with Crippen LogP contribution in [-0.2, 0) is 28.6 Å². The largest absolute Gasteiger partial charge is 0.465 e. The number of carbonyl (C=O) groups is 4. The predicted octanol–water partition coefficient (Wildman–Crippen LogP) is 2.91. The van der Waals surface area contributed by atoms with Crippen molar-refractivity contribution in [1.82, 2.24) is 0 Å². The molecule has 1 N–H and O–H groups in total. The van der Waals surface area contributed by atoms with Gasteiger partial charge in [-0.2, -0.15) is 0 Å². The Morgan fingerprint density at radius 1 is 1.00 bits per heavy atom. The van der Waals surface area contributed by atoms with Gasteiger partial charge >= 0.3 is 17.9 Å². The van der Waals surface area contributed by atoms with Crippen molar-refractivity contribution in [2.75, 3.05) is 20.3 Å². The number of carbonyl (C=O) groups excluding carboxylic acids is 4. The minimum Gasteiger partial charge on any atom is -0.465 e. The lowest BCUT2D eigenvalue weighted by Gasteiger charge is -2.43. The van der Waals surface area contributed by atoms with Gasteiger partial charge in [0.2, 0.25) is 0 Å². The highest BCUT2D eigenvalue weighted by Gasteiger charge is 2.57. The van der Waals surface area contributed by atoms with E-state index in [0.717, 1.165) is 0 Å². The Morgan fingerprint density at radius 2 is 1.52 bits per heavy atom. The molecule has 182 valence electrons. The monoisotopic (exact) mass is 462 g/mol. The number of Topliss-reactive ketones (excluding diaryl/α,β-unsaturated/α-hetero) is 1. The molecule has 1 fully saturated rings. The molecule has 0 aromatic heterocycles. The van der Waals surface area contributed by atoms with Crippen molar-refractivity contribution < 1.29 is 38.5 Å². The van der Waals surface area contributed by atoms with Crippen LogP contribution in [-0.4, -0.2) is 54.7 Å². The quantitative estimate of drug-likeness (QED) is 0.356. The van der Waals surface area contributed by atoms with E-state index < -0.39 is 47.0 Å². The Kier molecular flexibility index (Phi) is 8.77. The molecule has 1 aromatic rings. The van der Waals surface area contributed by atoms with Crippen molar-refractivity contribution in [2.45, 2.75) is 52.6 Å². The van der Waals surface area contributed by atoms with Crippen LogP contribution < -0.4 is 0 Å². The molecule has 0 heterocycles. The van der Waals surface area contributed by atoms with Gasteiger partial charge in [0.05, 0.1) is 37.4 Å². The van der Waals surface area contributed by atoms with E-state index in [-0.39, 0.29) is 37.0 Å². The molecular weight excluding hydrogens is 428 g/mol. The van der Waals surface area contributed by atoms with Gasteiger partial charge in [0.15, 0.2) is 5.78 Å². The Labute approximate surface area is 194 Å². The van der Waals surface area contributed by atoms with Crippen LogP contribution in [0.5, 0.6) is 0 Å².